The molecule has 0 amide bonds. The van der Waals surface area contributed by atoms with Gasteiger partial charge in [-0.25, -0.2) is 0 Å². The number of nitrogens with zero attached hydrogens (tertiary/aromatic N) is 1. The van der Waals surface area contributed by atoms with E-state index in [1.54, 1.807) is 0 Å². The molecule has 0 aliphatic heterocycles. The molecule has 12 heavy (non-hydrogen) atoms. The minimum absolute atomic E-state index is 0. The summed E-state index contributed by atoms with van der Waals surface area (Å²) in [6.45, 7) is 2.07. The van der Waals surface area contributed by atoms with Gasteiger partial charge in [-0.2, -0.15) is 6.07 Å². The molecule has 54 valence electrons. The Morgan fingerprint density at radius 3 is 2.75 bits per heavy atom. The van der Waals surface area contributed by atoms with Gasteiger partial charge in [0.15, 0.2) is 0 Å². The minimum Gasteiger partial charge on any atom is -0.386 e. The SMILES string of the molecule is Cc1c[c-]nc2ccccc12.[Rb+]. The van der Waals surface area contributed by atoms with E-state index in [4.69, 9.17) is 0 Å². The van der Waals surface area contributed by atoms with Crippen LogP contribution in [0.5, 0.6) is 0 Å². The average Bonchev–Trinajstić information content (AvgIpc) is 2.06. The Balaban J connectivity index is 0.000000720. The second-order valence-electron chi connectivity index (χ2n) is 2.59. The summed E-state index contributed by atoms with van der Waals surface area (Å²) in [5.74, 6) is 0. The van der Waals surface area contributed by atoms with Crippen molar-refractivity contribution in [2.24, 2.45) is 0 Å². The van der Waals surface area contributed by atoms with E-state index in [2.05, 4.69) is 24.2 Å². The van der Waals surface area contributed by atoms with Crippen LogP contribution in [-0.4, -0.2) is 4.98 Å². The summed E-state index contributed by atoms with van der Waals surface area (Å²) in [7, 11) is 0. The van der Waals surface area contributed by atoms with Crippen molar-refractivity contribution in [3.05, 3.63) is 42.1 Å². The smallest absolute Gasteiger partial charge is 0.386 e. The fourth-order valence-electron chi connectivity index (χ4n) is 1.18. The van der Waals surface area contributed by atoms with Gasteiger partial charge < -0.3 is 4.98 Å². The maximum absolute atomic E-state index is 4.12. The van der Waals surface area contributed by atoms with E-state index in [0.717, 1.165) is 5.52 Å². The molecular weight excluding hydrogens is 220 g/mol. The molecule has 0 N–H and O–H groups in total. The van der Waals surface area contributed by atoms with Crippen LogP contribution in [-0.2, 0) is 0 Å². The molecule has 0 bridgehead atoms. The third-order valence-electron chi connectivity index (χ3n) is 1.79. The van der Waals surface area contributed by atoms with E-state index in [-0.39, 0.29) is 58.2 Å². The van der Waals surface area contributed by atoms with Crippen molar-refractivity contribution < 1.29 is 58.2 Å². The van der Waals surface area contributed by atoms with Gasteiger partial charge in [0, 0.05) is 0 Å². The van der Waals surface area contributed by atoms with Crippen LogP contribution in [0.15, 0.2) is 30.3 Å². The van der Waals surface area contributed by atoms with Gasteiger partial charge in [-0.1, -0.05) is 37.4 Å². The van der Waals surface area contributed by atoms with Gasteiger partial charge >= 0.3 is 58.2 Å². The molecule has 1 heterocycles. The van der Waals surface area contributed by atoms with Crippen LogP contribution in [0.2, 0.25) is 0 Å². The van der Waals surface area contributed by atoms with Crippen LogP contribution < -0.4 is 58.2 Å². The molecular formula is C10H8NRb. The maximum Gasteiger partial charge on any atom is 1.00 e. The third kappa shape index (κ3) is 2.02. The van der Waals surface area contributed by atoms with Gasteiger partial charge in [0.2, 0.25) is 0 Å². The molecule has 1 aromatic heterocycles. The average molecular weight is 228 g/mol. The molecule has 1 nitrogen and oxygen atoms in total. The largest absolute Gasteiger partial charge is 1.00 e. The van der Waals surface area contributed by atoms with Crippen LogP contribution in [0, 0.1) is 13.1 Å². The van der Waals surface area contributed by atoms with Crippen molar-refractivity contribution in [2.45, 2.75) is 6.92 Å². The molecule has 0 atom stereocenters. The van der Waals surface area contributed by atoms with Gasteiger partial charge in [-0.05, 0) is 5.52 Å². The van der Waals surface area contributed by atoms with Crippen molar-refractivity contribution in [2.75, 3.05) is 0 Å². The van der Waals surface area contributed by atoms with Crippen molar-refractivity contribution >= 4 is 10.9 Å². The number of hydrogen-bond donors (Lipinski definition) is 0. The zero-order valence-electron chi connectivity index (χ0n) is 7.33. The Labute approximate surface area is 121 Å². The fourth-order valence-corrected chi connectivity index (χ4v) is 1.18. The number of aromatic nitrogens is 1. The molecule has 0 saturated carbocycles. The maximum atomic E-state index is 4.12. The van der Waals surface area contributed by atoms with E-state index in [9.17, 15) is 0 Å². The molecule has 2 aromatic rings. The summed E-state index contributed by atoms with van der Waals surface area (Å²) in [5.41, 5.74) is 2.25. The molecule has 0 fully saturated rings. The van der Waals surface area contributed by atoms with Crippen molar-refractivity contribution in [1.29, 1.82) is 0 Å². The predicted molar refractivity (Wildman–Crippen MR) is 45.3 cm³/mol. The molecule has 0 unspecified atom stereocenters. The second kappa shape index (κ2) is 4.61. The first-order valence-corrected chi connectivity index (χ1v) is 3.60. The third-order valence-corrected chi connectivity index (χ3v) is 1.79. The van der Waals surface area contributed by atoms with Crippen molar-refractivity contribution in [3.63, 3.8) is 0 Å². The second-order valence-corrected chi connectivity index (χ2v) is 2.59. The Kier molecular flexibility index (Phi) is 4.04. The van der Waals surface area contributed by atoms with Gasteiger partial charge in [0.1, 0.15) is 0 Å². The van der Waals surface area contributed by atoms with Crippen LogP contribution >= 0.6 is 0 Å². The first-order valence-electron chi connectivity index (χ1n) is 3.60. The molecule has 0 saturated heterocycles. The monoisotopic (exact) mass is 227 g/mol. The Morgan fingerprint density at radius 2 is 2.00 bits per heavy atom. The Bertz CT molecular complexity index is 379. The van der Waals surface area contributed by atoms with Gasteiger partial charge in [0.25, 0.3) is 0 Å². The molecule has 0 aliphatic rings. The molecule has 0 radical (unpaired) electrons. The molecule has 2 rings (SSSR count). The predicted octanol–water partition coefficient (Wildman–Crippen LogP) is -0.653. The summed E-state index contributed by atoms with van der Waals surface area (Å²) in [6.07, 6.45) is 2.85. The zero-order chi connectivity index (χ0) is 7.68. The number of fused-ring (bicyclic) bond motifs is 1. The summed E-state index contributed by atoms with van der Waals surface area (Å²) in [4.78, 5) is 4.12. The topological polar surface area (TPSA) is 12.9 Å². The number of rotatable bonds is 0. The summed E-state index contributed by atoms with van der Waals surface area (Å²) in [6, 6.07) is 9.99. The van der Waals surface area contributed by atoms with E-state index in [1.807, 2.05) is 24.3 Å². The normalized spacial score (nSPS) is 9.42. The molecule has 1 aromatic carbocycles. The number of para-hydroxylation sites is 1. The van der Waals surface area contributed by atoms with Gasteiger partial charge in [-0.3, -0.25) is 0 Å². The quantitative estimate of drug-likeness (QED) is 0.545. The van der Waals surface area contributed by atoms with Crippen molar-refractivity contribution in [1.82, 2.24) is 4.98 Å². The first kappa shape index (κ1) is 10.5. The Morgan fingerprint density at radius 1 is 1.25 bits per heavy atom. The molecule has 0 spiro atoms. The van der Waals surface area contributed by atoms with E-state index in [1.165, 1.54) is 10.9 Å². The number of aryl methyl sites for hydroxylation is 1. The van der Waals surface area contributed by atoms with Crippen LogP contribution in [0.25, 0.3) is 10.9 Å². The number of benzene rings is 1. The number of hydrogen-bond acceptors (Lipinski definition) is 1. The first-order chi connectivity index (χ1) is 5.38. The minimum atomic E-state index is 0. The zero-order valence-corrected chi connectivity index (χ0v) is 12.3. The van der Waals surface area contributed by atoms with Crippen LogP contribution in [0.1, 0.15) is 5.56 Å². The van der Waals surface area contributed by atoms with Gasteiger partial charge in [0.05, 0.1) is 0 Å². The molecule has 2 heteroatoms. The van der Waals surface area contributed by atoms with E-state index >= 15 is 0 Å². The number of pyridine rings is 1. The van der Waals surface area contributed by atoms with Crippen molar-refractivity contribution in [3.8, 4) is 0 Å². The standard InChI is InChI=1S/C10H8N.Rb/c1-8-6-7-11-10-5-3-2-4-9(8)10;/h2-6H,1H3;/q-1;+1. The summed E-state index contributed by atoms with van der Waals surface area (Å²) < 4.78 is 0. The van der Waals surface area contributed by atoms with Crippen LogP contribution in [0.4, 0.5) is 0 Å². The summed E-state index contributed by atoms with van der Waals surface area (Å²) in [5, 5.41) is 1.21. The van der Waals surface area contributed by atoms with E-state index < -0.39 is 0 Å². The summed E-state index contributed by atoms with van der Waals surface area (Å²) >= 11 is 0. The van der Waals surface area contributed by atoms with Gasteiger partial charge in [-0.15, -0.1) is 10.9 Å². The fraction of sp³-hybridized carbons (Fsp3) is 0.100. The molecule has 0 aliphatic carbocycles. The van der Waals surface area contributed by atoms with E-state index in [0.29, 0.717) is 0 Å². The van der Waals surface area contributed by atoms with Crippen LogP contribution in [0.3, 0.4) is 0 Å². The Hall–Kier alpha value is 0.435.